The van der Waals surface area contributed by atoms with Crippen molar-refractivity contribution in [3.8, 4) is 22.8 Å². The van der Waals surface area contributed by atoms with Gasteiger partial charge >= 0.3 is 6.18 Å². The number of aromatic nitrogens is 8. The minimum Gasteiger partial charge on any atom is -0.376 e. The Morgan fingerprint density at radius 1 is 1.19 bits per heavy atom. The molecule has 5 rings (SSSR count). The van der Waals surface area contributed by atoms with E-state index in [1.807, 2.05) is 6.20 Å². The summed E-state index contributed by atoms with van der Waals surface area (Å²) in [6.07, 6.45) is 0.985. The highest BCUT2D eigenvalue weighted by Crippen LogP contribution is 2.33. The number of alkyl halides is 3. The fourth-order valence-corrected chi connectivity index (χ4v) is 3.05. The second kappa shape index (κ2) is 5.61. The second-order valence-electron chi connectivity index (χ2n) is 5.99. The molecule has 0 amide bonds. The first-order valence-corrected chi connectivity index (χ1v) is 7.98. The number of fused-ring (bicyclic) bond motifs is 2. The van der Waals surface area contributed by atoms with Crippen LogP contribution in [0.1, 0.15) is 17.1 Å². The zero-order valence-corrected chi connectivity index (χ0v) is 13.6. The molecule has 12 heteroatoms. The Morgan fingerprint density at radius 2 is 2.07 bits per heavy atom. The maximum atomic E-state index is 12.9. The number of ether oxygens (including phenoxy) is 1. The van der Waals surface area contributed by atoms with E-state index in [9.17, 15) is 13.2 Å². The van der Waals surface area contributed by atoms with E-state index in [0.717, 1.165) is 11.3 Å². The Hall–Kier alpha value is -3.28. The molecule has 0 aromatic carbocycles. The summed E-state index contributed by atoms with van der Waals surface area (Å²) >= 11 is 0. The Kier molecular flexibility index (Phi) is 3.31. The SMILES string of the molecule is FC(F)(F)c1n[nH]c(-c2nc3nc4c(cn3c2-c2cn[nH]c2)COCC4)n1. The fourth-order valence-electron chi connectivity index (χ4n) is 3.05. The molecule has 0 aliphatic carbocycles. The highest BCUT2D eigenvalue weighted by Gasteiger charge is 2.37. The van der Waals surface area contributed by atoms with E-state index in [0.29, 0.717) is 36.7 Å². The molecule has 5 heterocycles. The lowest BCUT2D eigenvalue weighted by molar-refractivity contribution is -0.144. The van der Waals surface area contributed by atoms with Crippen LogP contribution in [0.25, 0.3) is 28.6 Å². The van der Waals surface area contributed by atoms with Crippen LogP contribution in [0.15, 0.2) is 18.6 Å². The number of imidazole rings is 1. The molecule has 0 bridgehead atoms. The van der Waals surface area contributed by atoms with Crippen LogP contribution in [0.4, 0.5) is 13.2 Å². The molecule has 0 atom stereocenters. The van der Waals surface area contributed by atoms with Gasteiger partial charge in [-0.1, -0.05) is 0 Å². The van der Waals surface area contributed by atoms with Crippen molar-refractivity contribution in [1.82, 2.24) is 39.7 Å². The summed E-state index contributed by atoms with van der Waals surface area (Å²) in [4.78, 5) is 12.5. The van der Waals surface area contributed by atoms with E-state index in [1.165, 1.54) is 0 Å². The molecule has 0 radical (unpaired) electrons. The van der Waals surface area contributed by atoms with Gasteiger partial charge in [0.15, 0.2) is 5.82 Å². The van der Waals surface area contributed by atoms with Crippen LogP contribution in [-0.2, 0) is 23.9 Å². The van der Waals surface area contributed by atoms with Crippen LogP contribution in [-0.4, -0.2) is 46.4 Å². The van der Waals surface area contributed by atoms with Crippen LogP contribution >= 0.6 is 0 Å². The lowest BCUT2D eigenvalue weighted by atomic mass is 10.1. The van der Waals surface area contributed by atoms with Gasteiger partial charge in [0.2, 0.25) is 5.78 Å². The van der Waals surface area contributed by atoms with Crippen LogP contribution in [0.5, 0.6) is 0 Å². The van der Waals surface area contributed by atoms with E-state index in [2.05, 4.69) is 35.3 Å². The molecule has 0 saturated carbocycles. The molecule has 1 aliphatic heterocycles. The normalized spacial score (nSPS) is 14.6. The molecular weight excluding hydrogens is 365 g/mol. The summed E-state index contributed by atoms with van der Waals surface area (Å²) < 4.78 is 45.8. The quantitative estimate of drug-likeness (QED) is 0.554. The Morgan fingerprint density at radius 3 is 2.81 bits per heavy atom. The molecule has 2 N–H and O–H groups in total. The third-order valence-electron chi connectivity index (χ3n) is 4.26. The van der Waals surface area contributed by atoms with E-state index in [-0.39, 0.29) is 11.5 Å². The molecule has 138 valence electrons. The zero-order chi connectivity index (χ0) is 18.6. The summed E-state index contributed by atoms with van der Waals surface area (Å²) in [5.74, 6) is -1.00. The van der Waals surface area contributed by atoms with Crippen molar-refractivity contribution in [2.24, 2.45) is 0 Å². The number of hydrogen-bond donors (Lipinski definition) is 2. The predicted molar refractivity (Wildman–Crippen MR) is 84.3 cm³/mol. The van der Waals surface area contributed by atoms with Crippen molar-refractivity contribution in [2.75, 3.05) is 6.61 Å². The van der Waals surface area contributed by atoms with Gasteiger partial charge in [0, 0.05) is 29.9 Å². The van der Waals surface area contributed by atoms with Gasteiger partial charge in [0.1, 0.15) is 5.69 Å². The molecule has 0 saturated heterocycles. The summed E-state index contributed by atoms with van der Waals surface area (Å²) in [7, 11) is 0. The maximum absolute atomic E-state index is 12.9. The van der Waals surface area contributed by atoms with E-state index < -0.39 is 12.0 Å². The number of nitrogens with zero attached hydrogens (tertiary/aromatic N) is 6. The Balaban J connectivity index is 1.76. The molecule has 1 aliphatic rings. The third-order valence-corrected chi connectivity index (χ3v) is 4.26. The molecule has 4 aromatic rings. The predicted octanol–water partition coefficient (Wildman–Crippen LogP) is 2.00. The molecule has 0 unspecified atom stereocenters. The maximum Gasteiger partial charge on any atom is 0.453 e. The monoisotopic (exact) mass is 376 g/mol. The number of rotatable bonds is 2. The topological polar surface area (TPSA) is 110 Å². The Labute approximate surface area is 148 Å². The first kappa shape index (κ1) is 15.9. The van der Waals surface area contributed by atoms with Crippen LogP contribution in [0, 0.1) is 0 Å². The largest absolute Gasteiger partial charge is 0.453 e. The first-order valence-electron chi connectivity index (χ1n) is 7.98. The van der Waals surface area contributed by atoms with Crippen molar-refractivity contribution in [3.63, 3.8) is 0 Å². The standard InChI is InChI=1S/C15H11F3N8O/c16-15(17,18)13-23-12(24-25-13)10-11(7-3-19-20-4-7)26-5-8-6-27-2-1-9(8)21-14(26)22-10/h3-5H,1-2,6H2,(H,19,20)(H,23,24,25). The van der Waals surface area contributed by atoms with Gasteiger partial charge in [-0.15, -0.1) is 5.10 Å². The van der Waals surface area contributed by atoms with Gasteiger partial charge in [0.25, 0.3) is 5.82 Å². The van der Waals surface area contributed by atoms with E-state index in [4.69, 9.17) is 4.74 Å². The molecule has 4 aromatic heterocycles. The number of hydrogen-bond acceptors (Lipinski definition) is 6. The van der Waals surface area contributed by atoms with Crippen molar-refractivity contribution >= 4 is 5.78 Å². The zero-order valence-electron chi connectivity index (χ0n) is 13.6. The first-order chi connectivity index (χ1) is 13.0. The molecule has 27 heavy (non-hydrogen) atoms. The van der Waals surface area contributed by atoms with Crippen molar-refractivity contribution in [1.29, 1.82) is 0 Å². The van der Waals surface area contributed by atoms with Gasteiger partial charge < -0.3 is 4.74 Å². The summed E-state index contributed by atoms with van der Waals surface area (Å²) in [6, 6.07) is 0. The fraction of sp³-hybridized carbons (Fsp3) is 0.267. The van der Waals surface area contributed by atoms with Gasteiger partial charge in [-0.3, -0.25) is 14.6 Å². The van der Waals surface area contributed by atoms with Gasteiger partial charge in [-0.2, -0.15) is 18.3 Å². The second-order valence-corrected chi connectivity index (χ2v) is 5.99. The van der Waals surface area contributed by atoms with Gasteiger partial charge in [-0.25, -0.2) is 15.0 Å². The highest BCUT2D eigenvalue weighted by molar-refractivity contribution is 5.77. The molecule has 9 nitrogen and oxygen atoms in total. The minimum atomic E-state index is -4.65. The van der Waals surface area contributed by atoms with Crippen molar-refractivity contribution in [2.45, 2.75) is 19.2 Å². The van der Waals surface area contributed by atoms with E-state index in [1.54, 1.807) is 16.8 Å². The van der Waals surface area contributed by atoms with Crippen molar-refractivity contribution in [3.05, 3.63) is 35.7 Å². The lowest BCUT2D eigenvalue weighted by Gasteiger charge is -2.15. The summed E-state index contributed by atoms with van der Waals surface area (Å²) in [5.41, 5.74) is 3.09. The summed E-state index contributed by atoms with van der Waals surface area (Å²) in [5, 5.41) is 12.2. The van der Waals surface area contributed by atoms with Gasteiger partial charge in [-0.05, 0) is 0 Å². The van der Waals surface area contributed by atoms with Crippen LogP contribution < -0.4 is 0 Å². The van der Waals surface area contributed by atoms with E-state index >= 15 is 0 Å². The average Bonchev–Trinajstić information content (AvgIpc) is 3.36. The number of H-pyrrole nitrogens is 2. The Bertz CT molecular complexity index is 1130. The van der Waals surface area contributed by atoms with Crippen LogP contribution in [0.2, 0.25) is 0 Å². The minimum absolute atomic E-state index is 0.0988. The van der Waals surface area contributed by atoms with Crippen molar-refractivity contribution < 1.29 is 17.9 Å². The number of halogens is 3. The van der Waals surface area contributed by atoms with Crippen LogP contribution in [0.3, 0.4) is 0 Å². The molecular formula is C15H11F3N8O. The third kappa shape index (κ3) is 2.56. The van der Waals surface area contributed by atoms with Gasteiger partial charge in [0.05, 0.1) is 30.8 Å². The highest BCUT2D eigenvalue weighted by atomic mass is 19.4. The molecule has 0 spiro atoms. The molecule has 0 fully saturated rings. The average molecular weight is 376 g/mol. The number of nitrogens with one attached hydrogen (secondary N) is 2. The summed E-state index contributed by atoms with van der Waals surface area (Å²) in [6.45, 7) is 0.979. The lowest BCUT2D eigenvalue weighted by Crippen LogP contribution is -2.13. The number of aromatic amines is 2. The smallest absolute Gasteiger partial charge is 0.376 e.